The molecule has 1 saturated heterocycles. The van der Waals surface area contributed by atoms with Crippen LogP contribution in [0.4, 0.5) is 10.5 Å². The molecule has 1 heterocycles. The van der Waals surface area contributed by atoms with Crippen LogP contribution in [0, 0.1) is 0 Å². The summed E-state index contributed by atoms with van der Waals surface area (Å²) in [4.78, 5) is 39.2. The van der Waals surface area contributed by atoms with Crippen molar-refractivity contribution in [1.29, 1.82) is 0 Å². The van der Waals surface area contributed by atoms with Gasteiger partial charge in [-0.3, -0.25) is 19.3 Å². The van der Waals surface area contributed by atoms with E-state index in [1.807, 2.05) is 42.5 Å². The first-order valence-electron chi connectivity index (χ1n) is 10.8. The molecular formula is C26H24N2O4S. The van der Waals surface area contributed by atoms with Crippen LogP contribution in [0.2, 0.25) is 0 Å². The van der Waals surface area contributed by atoms with Crippen LogP contribution < -0.4 is 10.1 Å². The second-order valence-corrected chi connectivity index (χ2v) is 8.58. The van der Waals surface area contributed by atoms with E-state index >= 15 is 0 Å². The van der Waals surface area contributed by atoms with Gasteiger partial charge in [-0.05, 0) is 53.2 Å². The number of imide groups is 1. The van der Waals surface area contributed by atoms with E-state index in [4.69, 9.17) is 4.74 Å². The van der Waals surface area contributed by atoms with Crippen molar-refractivity contribution in [2.45, 2.75) is 19.8 Å². The molecule has 0 unspecified atom stereocenters. The van der Waals surface area contributed by atoms with Crippen LogP contribution in [0.5, 0.6) is 5.75 Å². The van der Waals surface area contributed by atoms with Gasteiger partial charge in [0.2, 0.25) is 5.91 Å². The average molecular weight is 461 g/mol. The summed E-state index contributed by atoms with van der Waals surface area (Å²) < 4.78 is 5.99. The third-order valence-corrected chi connectivity index (χ3v) is 6.10. The van der Waals surface area contributed by atoms with Crippen molar-refractivity contribution in [3.8, 4) is 5.75 Å². The van der Waals surface area contributed by atoms with Crippen molar-refractivity contribution in [3.63, 3.8) is 0 Å². The molecule has 4 rings (SSSR count). The summed E-state index contributed by atoms with van der Waals surface area (Å²) in [5.74, 6) is -0.255. The van der Waals surface area contributed by atoms with Gasteiger partial charge in [-0.1, -0.05) is 61.9 Å². The molecule has 1 aliphatic heterocycles. The predicted octanol–water partition coefficient (Wildman–Crippen LogP) is 5.69. The summed E-state index contributed by atoms with van der Waals surface area (Å²) in [6, 6.07) is 20.6. The molecule has 1 N–H and O–H groups in total. The highest BCUT2D eigenvalue weighted by Gasteiger charge is 2.36. The molecule has 7 heteroatoms. The second-order valence-electron chi connectivity index (χ2n) is 7.58. The molecule has 6 nitrogen and oxygen atoms in total. The van der Waals surface area contributed by atoms with Crippen LogP contribution >= 0.6 is 11.8 Å². The third-order valence-electron chi connectivity index (χ3n) is 5.19. The highest BCUT2D eigenvalue weighted by Crippen LogP contribution is 2.36. The van der Waals surface area contributed by atoms with Crippen LogP contribution in [0.25, 0.3) is 16.8 Å². The van der Waals surface area contributed by atoms with E-state index in [0.717, 1.165) is 45.8 Å². The largest absolute Gasteiger partial charge is 0.493 e. The van der Waals surface area contributed by atoms with Crippen LogP contribution in [-0.4, -0.2) is 35.1 Å². The zero-order chi connectivity index (χ0) is 23.2. The number of thioether (sulfide) groups is 1. The molecule has 3 aromatic rings. The van der Waals surface area contributed by atoms with Gasteiger partial charge < -0.3 is 10.1 Å². The van der Waals surface area contributed by atoms with Gasteiger partial charge in [0.15, 0.2) is 0 Å². The topological polar surface area (TPSA) is 75.7 Å². The van der Waals surface area contributed by atoms with E-state index in [9.17, 15) is 14.4 Å². The van der Waals surface area contributed by atoms with E-state index < -0.39 is 17.1 Å². The fraction of sp³-hybridized carbons (Fsp3) is 0.192. The monoisotopic (exact) mass is 460 g/mol. The Morgan fingerprint density at radius 3 is 2.58 bits per heavy atom. The van der Waals surface area contributed by atoms with Crippen LogP contribution in [0.1, 0.15) is 25.3 Å². The van der Waals surface area contributed by atoms with Crippen LogP contribution in [-0.2, 0) is 9.59 Å². The average Bonchev–Trinajstić information content (AvgIpc) is 3.08. The summed E-state index contributed by atoms with van der Waals surface area (Å²) >= 11 is 0.834. The Balaban J connectivity index is 1.59. The number of unbranched alkanes of at least 4 members (excludes halogenated alkanes) is 1. The number of benzene rings is 3. The van der Waals surface area contributed by atoms with E-state index in [2.05, 4.69) is 12.2 Å². The summed E-state index contributed by atoms with van der Waals surface area (Å²) in [6.07, 6.45) is 3.62. The van der Waals surface area contributed by atoms with Gasteiger partial charge in [0, 0.05) is 11.3 Å². The zero-order valence-corrected chi connectivity index (χ0v) is 19.1. The SMILES string of the molecule is CCCCOc1ccc2ccccc2c1/C=C1\SC(=O)N(CC(=O)Nc2ccccc2)C1=O. The molecule has 0 atom stereocenters. The number of para-hydroxylation sites is 1. The highest BCUT2D eigenvalue weighted by molar-refractivity contribution is 8.18. The van der Waals surface area contributed by atoms with Crippen molar-refractivity contribution in [1.82, 2.24) is 4.90 Å². The van der Waals surface area contributed by atoms with Gasteiger partial charge >= 0.3 is 0 Å². The number of hydrogen-bond donors (Lipinski definition) is 1. The predicted molar refractivity (Wildman–Crippen MR) is 132 cm³/mol. The summed E-state index contributed by atoms with van der Waals surface area (Å²) in [6.45, 7) is 2.32. The molecule has 0 saturated carbocycles. The van der Waals surface area contributed by atoms with Crippen LogP contribution in [0.15, 0.2) is 71.6 Å². The maximum absolute atomic E-state index is 13.0. The molecule has 0 bridgehead atoms. The molecule has 1 aliphatic rings. The van der Waals surface area contributed by atoms with Gasteiger partial charge in [-0.15, -0.1) is 0 Å². The van der Waals surface area contributed by atoms with E-state index in [-0.39, 0.29) is 11.4 Å². The summed E-state index contributed by atoms with van der Waals surface area (Å²) in [5.41, 5.74) is 1.36. The van der Waals surface area contributed by atoms with Gasteiger partial charge in [-0.25, -0.2) is 0 Å². The number of hydrogen-bond acceptors (Lipinski definition) is 5. The quantitative estimate of drug-likeness (QED) is 0.345. The molecule has 1 fully saturated rings. The number of carbonyl (C=O) groups excluding carboxylic acids is 3. The first kappa shape index (κ1) is 22.6. The van der Waals surface area contributed by atoms with Crippen molar-refractivity contribution in [3.05, 3.63) is 77.2 Å². The molecule has 3 amide bonds. The first-order chi connectivity index (χ1) is 16.1. The number of ether oxygens (including phenoxy) is 1. The highest BCUT2D eigenvalue weighted by atomic mass is 32.2. The molecule has 0 aromatic heterocycles. The Bertz CT molecular complexity index is 1220. The maximum atomic E-state index is 13.0. The fourth-order valence-electron chi connectivity index (χ4n) is 3.51. The van der Waals surface area contributed by atoms with E-state index in [1.54, 1.807) is 30.3 Å². The number of rotatable bonds is 8. The molecule has 0 spiro atoms. The van der Waals surface area contributed by atoms with E-state index in [0.29, 0.717) is 18.0 Å². The Morgan fingerprint density at radius 1 is 1.03 bits per heavy atom. The molecule has 33 heavy (non-hydrogen) atoms. The Morgan fingerprint density at radius 2 is 1.79 bits per heavy atom. The number of anilines is 1. The fourth-order valence-corrected chi connectivity index (χ4v) is 4.33. The summed E-state index contributed by atoms with van der Waals surface area (Å²) in [7, 11) is 0. The second kappa shape index (κ2) is 10.4. The Hall–Kier alpha value is -3.58. The minimum absolute atomic E-state index is 0.268. The normalized spacial score (nSPS) is 14.8. The smallest absolute Gasteiger partial charge is 0.294 e. The molecule has 0 aliphatic carbocycles. The first-order valence-corrected chi connectivity index (χ1v) is 11.6. The number of nitrogens with zero attached hydrogens (tertiary/aromatic N) is 1. The minimum atomic E-state index is -0.486. The standard InChI is InChI=1S/C26H24N2O4S/c1-2-3-15-32-22-14-13-18-9-7-8-12-20(18)21(22)16-23-25(30)28(26(31)33-23)17-24(29)27-19-10-5-4-6-11-19/h4-14,16H,2-3,15,17H2,1H3,(H,27,29)/b23-16-. The van der Waals surface area contributed by atoms with Crippen molar-refractivity contribution >= 4 is 51.4 Å². The van der Waals surface area contributed by atoms with Gasteiger partial charge in [-0.2, -0.15) is 0 Å². The number of fused-ring (bicyclic) bond motifs is 1. The van der Waals surface area contributed by atoms with Gasteiger partial charge in [0.1, 0.15) is 12.3 Å². The van der Waals surface area contributed by atoms with Crippen LogP contribution in [0.3, 0.4) is 0 Å². The molecule has 168 valence electrons. The van der Waals surface area contributed by atoms with Crippen molar-refractivity contribution in [2.75, 3.05) is 18.5 Å². The third kappa shape index (κ3) is 5.26. The number of carbonyl (C=O) groups is 3. The van der Waals surface area contributed by atoms with Gasteiger partial charge in [0.05, 0.1) is 11.5 Å². The lowest BCUT2D eigenvalue weighted by atomic mass is 10.0. The lowest BCUT2D eigenvalue weighted by Crippen LogP contribution is -2.36. The van der Waals surface area contributed by atoms with Crippen molar-refractivity contribution < 1.29 is 19.1 Å². The van der Waals surface area contributed by atoms with E-state index in [1.165, 1.54) is 0 Å². The number of nitrogens with one attached hydrogen (secondary N) is 1. The maximum Gasteiger partial charge on any atom is 0.294 e. The molecule has 3 aromatic carbocycles. The molecular weight excluding hydrogens is 436 g/mol. The number of amides is 3. The van der Waals surface area contributed by atoms with Gasteiger partial charge in [0.25, 0.3) is 11.1 Å². The van der Waals surface area contributed by atoms with Crippen molar-refractivity contribution in [2.24, 2.45) is 0 Å². The Labute approximate surface area is 196 Å². The minimum Gasteiger partial charge on any atom is -0.493 e. The Kier molecular flexibility index (Phi) is 7.10. The lowest BCUT2D eigenvalue weighted by molar-refractivity contribution is -0.127. The lowest BCUT2D eigenvalue weighted by Gasteiger charge is -2.13. The molecule has 0 radical (unpaired) electrons. The summed E-state index contributed by atoms with van der Waals surface area (Å²) in [5, 5.41) is 4.17. The zero-order valence-electron chi connectivity index (χ0n) is 18.2.